The number of hydrogen-bond donors (Lipinski definition) is 0. The standard InChI is InChI=1S/C15H19N2O4/c1-11(18)21-10-15(4)14(2,3)16(19)13(17(15)20)12-8-6-5-7-9-12/h5-9H,10H2,1-4H3. The molecule has 0 bridgehead atoms. The second-order valence-corrected chi connectivity index (χ2v) is 5.89. The highest BCUT2D eigenvalue weighted by Gasteiger charge is 2.63. The Morgan fingerprint density at radius 3 is 2.38 bits per heavy atom. The van der Waals surface area contributed by atoms with Gasteiger partial charge in [-0.25, -0.2) is 0 Å². The Balaban J connectivity index is 2.50. The molecule has 0 N–H and O–H groups in total. The molecule has 0 amide bonds. The Morgan fingerprint density at radius 2 is 1.86 bits per heavy atom. The number of hydroxylamine groups is 3. The van der Waals surface area contributed by atoms with Gasteiger partial charge in [-0.15, -0.1) is 0 Å². The Morgan fingerprint density at radius 1 is 1.29 bits per heavy atom. The predicted molar refractivity (Wildman–Crippen MR) is 75.8 cm³/mol. The van der Waals surface area contributed by atoms with E-state index in [9.17, 15) is 15.2 Å². The van der Waals surface area contributed by atoms with Crippen molar-refractivity contribution in [2.24, 2.45) is 0 Å². The molecule has 0 aliphatic carbocycles. The zero-order valence-corrected chi connectivity index (χ0v) is 12.6. The van der Waals surface area contributed by atoms with Crippen molar-refractivity contribution in [2.75, 3.05) is 6.61 Å². The molecule has 0 fully saturated rings. The number of hydrogen-bond acceptors (Lipinski definition) is 4. The summed E-state index contributed by atoms with van der Waals surface area (Å²) in [7, 11) is 0. The Hall–Kier alpha value is -2.08. The van der Waals surface area contributed by atoms with E-state index in [2.05, 4.69) is 0 Å². The van der Waals surface area contributed by atoms with Crippen molar-refractivity contribution in [1.82, 2.24) is 5.06 Å². The maximum absolute atomic E-state index is 12.7. The summed E-state index contributed by atoms with van der Waals surface area (Å²) in [5, 5.41) is 26.0. The minimum Gasteiger partial charge on any atom is -0.714 e. The molecule has 2 rings (SSSR count). The van der Waals surface area contributed by atoms with Crippen molar-refractivity contribution >= 4 is 11.8 Å². The number of benzene rings is 1. The van der Waals surface area contributed by atoms with Crippen LogP contribution in [0, 0.1) is 5.21 Å². The monoisotopic (exact) mass is 291 g/mol. The Kier molecular flexibility index (Phi) is 3.67. The molecule has 1 heterocycles. The maximum Gasteiger partial charge on any atom is 0.316 e. The molecule has 113 valence electrons. The first-order valence-corrected chi connectivity index (χ1v) is 6.72. The summed E-state index contributed by atoms with van der Waals surface area (Å²) < 4.78 is 5.67. The maximum atomic E-state index is 12.7. The molecule has 0 saturated carbocycles. The summed E-state index contributed by atoms with van der Waals surface area (Å²) in [4.78, 5) is 11.1. The van der Waals surface area contributed by atoms with Crippen molar-refractivity contribution in [3.05, 3.63) is 41.1 Å². The van der Waals surface area contributed by atoms with Crippen molar-refractivity contribution in [3.63, 3.8) is 0 Å². The molecule has 0 aromatic heterocycles. The van der Waals surface area contributed by atoms with Gasteiger partial charge in [0.15, 0.2) is 11.1 Å². The lowest BCUT2D eigenvalue weighted by Crippen LogP contribution is -2.58. The van der Waals surface area contributed by atoms with Crippen molar-refractivity contribution in [2.45, 2.75) is 38.8 Å². The zero-order chi connectivity index (χ0) is 15.8. The minimum atomic E-state index is -1.16. The fourth-order valence-corrected chi connectivity index (χ4v) is 2.35. The second kappa shape index (κ2) is 5.04. The highest BCUT2D eigenvalue weighted by atomic mass is 16.6. The summed E-state index contributed by atoms with van der Waals surface area (Å²) in [6.45, 7) is 6.10. The van der Waals surface area contributed by atoms with Crippen LogP contribution in [0.15, 0.2) is 30.3 Å². The third-order valence-corrected chi connectivity index (χ3v) is 4.25. The molecular formula is C15H19N2O4. The average molecular weight is 291 g/mol. The largest absolute Gasteiger partial charge is 0.714 e. The van der Waals surface area contributed by atoms with E-state index in [0.29, 0.717) is 15.4 Å². The number of nitrogens with zero attached hydrogens (tertiary/aromatic N) is 2. The SMILES string of the molecule is CC(=O)OCC1(C)[N+]([O-])=C(c2ccccc2)N([O])C1(C)C. The van der Waals surface area contributed by atoms with Crippen LogP contribution < -0.4 is 0 Å². The van der Waals surface area contributed by atoms with E-state index in [1.54, 1.807) is 45.0 Å². The van der Waals surface area contributed by atoms with Crippen LogP contribution in [0.1, 0.15) is 33.3 Å². The molecule has 0 spiro atoms. The van der Waals surface area contributed by atoms with Crippen LogP contribution in [-0.4, -0.2) is 39.3 Å². The van der Waals surface area contributed by atoms with Gasteiger partial charge in [-0.2, -0.15) is 0 Å². The number of amidine groups is 1. The third-order valence-electron chi connectivity index (χ3n) is 4.25. The number of carbonyl (C=O) groups excluding carboxylic acids is 1. The molecule has 1 unspecified atom stereocenters. The van der Waals surface area contributed by atoms with Crippen molar-refractivity contribution in [1.29, 1.82) is 0 Å². The van der Waals surface area contributed by atoms with E-state index in [-0.39, 0.29) is 12.4 Å². The third kappa shape index (κ3) is 2.25. The van der Waals surface area contributed by atoms with Crippen molar-refractivity contribution < 1.29 is 19.5 Å². The van der Waals surface area contributed by atoms with Crippen LogP contribution in [0.3, 0.4) is 0 Å². The fraction of sp³-hybridized carbons (Fsp3) is 0.467. The lowest BCUT2D eigenvalue weighted by molar-refractivity contribution is -0.548. The minimum absolute atomic E-state index is 0.0373. The van der Waals surface area contributed by atoms with Gasteiger partial charge in [-0.1, -0.05) is 23.3 Å². The van der Waals surface area contributed by atoms with Gasteiger partial charge in [-0.3, -0.25) is 9.53 Å². The lowest BCUT2D eigenvalue weighted by Gasteiger charge is -2.35. The summed E-state index contributed by atoms with van der Waals surface area (Å²) in [5.41, 5.74) is -1.65. The number of esters is 1. The number of rotatable bonds is 3. The molecule has 1 aliphatic heterocycles. The van der Waals surface area contributed by atoms with E-state index in [0.717, 1.165) is 0 Å². The zero-order valence-electron chi connectivity index (χ0n) is 12.6. The van der Waals surface area contributed by atoms with E-state index >= 15 is 0 Å². The normalized spacial score (nSPS) is 24.3. The topological polar surface area (TPSA) is 75.5 Å². The van der Waals surface area contributed by atoms with E-state index in [1.807, 2.05) is 6.07 Å². The van der Waals surface area contributed by atoms with Crippen LogP contribution in [0.25, 0.3) is 0 Å². The highest BCUT2D eigenvalue weighted by molar-refractivity contribution is 5.95. The Labute approximate surface area is 123 Å². The number of carbonyl (C=O) groups is 1. The summed E-state index contributed by atoms with van der Waals surface area (Å²) in [6, 6.07) is 8.75. The van der Waals surface area contributed by atoms with Crippen LogP contribution >= 0.6 is 0 Å². The molecule has 1 aromatic carbocycles. The van der Waals surface area contributed by atoms with Crippen LogP contribution in [0.5, 0.6) is 0 Å². The summed E-state index contributed by atoms with van der Waals surface area (Å²) >= 11 is 0. The van der Waals surface area contributed by atoms with Gasteiger partial charge in [-0.05, 0) is 32.9 Å². The molecule has 6 nitrogen and oxygen atoms in total. The second-order valence-electron chi connectivity index (χ2n) is 5.89. The smallest absolute Gasteiger partial charge is 0.316 e. The molecule has 1 aromatic rings. The molecule has 21 heavy (non-hydrogen) atoms. The van der Waals surface area contributed by atoms with Gasteiger partial charge < -0.3 is 9.94 Å². The van der Waals surface area contributed by atoms with Gasteiger partial charge in [0.05, 0.1) is 5.56 Å². The molecular weight excluding hydrogens is 272 g/mol. The molecule has 0 saturated heterocycles. The first-order valence-electron chi connectivity index (χ1n) is 6.72. The molecule has 6 heteroatoms. The summed E-state index contributed by atoms with van der Waals surface area (Å²) in [5.74, 6) is -0.443. The fourth-order valence-electron chi connectivity index (χ4n) is 2.35. The first kappa shape index (κ1) is 15.3. The highest BCUT2D eigenvalue weighted by Crippen LogP contribution is 2.38. The van der Waals surface area contributed by atoms with Gasteiger partial charge in [0.25, 0.3) is 0 Å². The predicted octanol–water partition coefficient (Wildman–Crippen LogP) is 1.71. The summed E-state index contributed by atoms with van der Waals surface area (Å²) in [6.07, 6.45) is 0. The lowest BCUT2D eigenvalue weighted by atomic mass is 9.83. The van der Waals surface area contributed by atoms with Gasteiger partial charge in [0.1, 0.15) is 6.61 Å². The molecule has 1 radical (unpaired) electrons. The van der Waals surface area contributed by atoms with Gasteiger partial charge >= 0.3 is 11.8 Å². The van der Waals surface area contributed by atoms with E-state index in [4.69, 9.17) is 4.74 Å². The number of ether oxygens (including phenoxy) is 1. The van der Waals surface area contributed by atoms with Gasteiger partial charge in [0.2, 0.25) is 0 Å². The Bertz CT molecular complexity index is 583. The molecule has 1 aliphatic rings. The van der Waals surface area contributed by atoms with Crippen LogP contribution in [0.4, 0.5) is 0 Å². The molecule has 1 atom stereocenters. The first-order chi connectivity index (χ1) is 9.72. The average Bonchev–Trinajstić information content (AvgIpc) is 2.57. The van der Waals surface area contributed by atoms with Crippen LogP contribution in [0.2, 0.25) is 0 Å². The van der Waals surface area contributed by atoms with Crippen molar-refractivity contribution in [3.8, 4) is 0 Å². The quantitative estimate of drug-likeness (QED) is 0.482. The van der Waals surface area contributed by atoms with E-state index < -0.39 is 17.0 Å². The van der Waals surface area contributed by atoms with Gasteiger partial charge in [0, 0.05) is 12.1 Å². The van der Waals surface area contributed by atoms with E-state index in [1.165, 1.54) is 6.92 Å². The van der Waals surface area contributed by atoms with Crippen LogP contribution in [-0.2, 0) is 14.7 Å².